The zero-order valence-corrected chi connectivity index (χ0v) is 81.5. The van der Waals surface area contributed by atoms with Crippen molar-refractivity contribution >= 4 is 94.3 Å². The van der Waals surface area contributed by atoms with Gasteiger partial charge < -0.3 is 110 Å². The number of nitrogens with one attached hydrogen (secondary N) is 2. The van der Waals surface area contributed by atoms with E-state index in [4.69, 9.17) is 96.7 Å². The predicted molar refractivity (Wildman–Crippen MR) is 495 cm³/mol. The van der Waals surface area contributed by atoms with Gasteiger partial charge in [-0.2, -0.15) is 53.2 Å². The Morgan fingerprint density at radius 1 is 0.475 bits per heavy atom. The predicted octanol–water partition coefficient (Wildman–Crippen LogP) is 16.9. The molecule has 139 heavy (non-hydrogen) atoms. The Morgan fingerprint density at radius 3 is 1.04 bits per heavy atom. The van der Waals surface area contributed by atoms with Crippen molar-refractivity contribution in [1.29, 1.82) is 31.6 Å². The molecule has 0 saturated heterocycles. The average Bonchev–Trinajstić information content (AvgIpc) is 1.69. The van der Waals surface area contributed by atoms with E-state index in [2.05, 4.69) is 38.7 Å². The number of halogens is 3. The maximum Gasteiger partial charge on any atom is 1.00 e. The minimum Gasteiger partial charge on any atom is -0.870 e. The summed E-state index contributed by atoms with van der Waals surface area (Å²) in [6.45, 7) is 22.0. The molecule has 0 bridgehead atoms. The van der Waals surface area contributed by atoms with Crippen LogP contribution in [0.15, 0.2) is 124 Å². The van der Waals surface area contributed by atoms with Crippen LogP contribution >= 0.6 is 38.0 Å². The Labute approximate surface area is 825 Å². The van der Waals surface area contributed by atoms with Gasteiger partial charge in [0, 0.05) is 47.4 Å². The molecule has 0 radical (unpaired) electrons. The summed E-state index contributed by atoms with van der Waals surface area (Å²) in [5.41, 5.74) is 1.40. The number of aliphatic hydroxyl groups excluding tert-OH is 1. The Bertz CT molecular complexity index is 5670. The van der Waals surface area contributed by atoms with Gasteiger partial charge in [-0.1, -0.05) is 47.4 Å². The molecule has 2 aromatic heterocycles. The number of nitrogens with two attached hydrogens (primary N) is 1. The van der Waals surface area contributed by atoms with Gasteiger partial charge >= 0.3 is 89.1 Å². The molecule has 5 aromatic carbocycles. The van der Waals surface area contributed by atoms with E-state index >= 15 is 0 Å². The fourth-order valence-electron chi connectivity index (χ4n) is 8.97. The average molecular weight is 2100 g/mol. The van der Waals surface area contributed by atoms with Crippen LogP contribution in [0.5, 0.6) is 28.7 Å². The first-order chi connectivity index (χ1) is 62.2. The maximum atomic E-state index is 12.5. The number of anilines is 3. The third kappa shape index (κ3) is 50.2. The van der Waals surface area contributed by atoms with Crippen LogP contribution in [-0.2, 0) is 87.2 Å². The third-order valence-electron chi connectivity index (χ3n) is 14.6. The van der Waals surface area contributed by atoms with Crippen molar-refractivity contribution in [3.63, 3.8) is 0 Å². The molecule has 0 saturated carbocycles. The number of nitro groups is 2. The van der Waals surface area contributed by atoms with E-state index in [-0.39, 0.29) is 225 Å². The number of non-ortho nitro benzene ring substituents is 2. The van der Waals surface area contributed by atoms with Gasteiger partial charge in [0.05, 0.1) is 128 Å². The number of phenolic OH excluding ortho intramolecular Hbond substituents is 1. The van der Waals surface area contributed by atoms with Gasteiger partial charge in [-0.15, -0.1) is 0 Å². The Balaban J connectivity index is -0.000000296. The third-order valence-corrected chi connectivity index (χ3v) is 24.5. The fourth-order valence-corrected chi connectivity index (χ4v) is 16.4. The van der Waals surface area contributed by atoms with Gasteiger partial charge in [0.2, 0.25) is 0 Å². The molecule has 766 valence electrons. The molecular weight excluding hydrogens is 1980 g/mol. The zero-order valence-electron chi connectivity index (χ0n) is 74.2. The number of nitriles is 6. The first-order valence-electron chi connectivity index (χ1n) is 38.0. The SMILES string of the molecule is C.C.C.C.C.CCOP(=O)(COS(=O)(=O)C(F)(F)F)OCC.CCOP(=O)(COc1cc(N)ccc1C#N)OCC.CCOP(=O)(COc1cc(NC(=O)/C(C#N)=C(\C)O)ccc1C#N)OCC.CCOP(=O)(COc1cc(NC(=O)c2cnoc2C)ccc1C#N)OCC.CCOP(=O)(COc1cc([N+](=O)[O-])ccc1C#N)OCC.Cc1oncc1C(=O)O.N#Cc1ccc([N+](=O)[O-])cc1O.[Na+].[OH-]. The minimum atomic E-state index is -5.80. The number of allylic oxidation sites excluding steroid dienone is 1. The number of aromatic nitrogens is 2. The van der Waals surface area contributed by atoms with Crippen LogP contribution in [0.4, 0.5) is 41.6 Å². The number of nitro benzene ring substituents is 2. The molecule has 0 unspecified atom stereocenters. The summed E-state index contributed by atoms with van der Waals surface area (Å²) >= 11 is 0. The second-order valence-electron chi connectivity index (χ2n) is 24.0. The first-order valence-corrected chi connectivity index (χ1v) is 48.0. The number of nitrogen functional groups attached to an aromatic ring is 1. The monoisotopic (exact) mass is 2100 g/mol. The smallest absolute Gasteiger partial charge is 0.870 e. The van der Waals surface area contributed by atoms with Crippen molar-refractivity contribution in [3.8, 4) is 65.2 Å². The first kappa shape index (κ1) is 140. The van der Waals surface area contributed by atoms with Gasteiger partial charge in [0.15, 0.2) is 37.3 Å². The van der Waals surface area contributed by atoms with E-state index in [0.717, 1.165) is 18.2 Å². The molecule has 0 aliphatic carbocycles. The van der Waals surface area contributed by atoms with Gasteiger partial charge in [0.25, 0.3) is 23.2 Å². The van der Waals surface area contributed by atoms with Crippen molar-refractivity contribution in [1.82, 2.24) is 10.3 Å². The molecule has 8 N–H and O–H groups in total. The molecule has 2 heterocycles. The Hall–Kier alpha value is -11.6. The number of alkyl halides is 3. The van der Waals surface area contributed by atoms with E-state index in [1.807, 2.05) is 24.3 Å². The number of rotatable bonds is 42. The number of aliphatic hydroxyl groups is 1. The number of ether oxygens (including phenoxy) is 4. The maximum absolute atomic E-state index is 12.5. The van der Waals surface area contributed by atoms with Crippen LogP contribution in [0.2, 0.25) is 0 Å². The molecule has 0 spiro atoms. The summed E-state index contributed by atoms with van der Waals surface area (Å²) < 4.78 is 202. The van der Waals surface area contributed by atoms with E-state index in [9.17, 15) is 94.7 Å². The number of benzene rings is 5. The van der Waals surface area contributed by atoms with Crippen molar-refractivity contribution in [3.05, 3.63) is 185 Å². The molecule has 58 heteroatoms. The molecule has 0 aliphatic heterocycles. The van der Waals surface area contributed by atoms with Crippen molar-refractivity contribution in [2.24, 2.45) is 0 Å². The largest absolute Gasteiger partial charge is 1.00 e. The van der Waals surface area contributed by atoms with Crippen molar-refractivity contribution in [2.45, 2.75) is 133 Å². The van der Waals surface area contributed by atoms with Crippen LogP contribution in [-0.4, -0.2) is 170 Å². The van der Waals surface area contributed by atoms with Gasteiger partial charge in [-0.3, -0.25) is 56.8 Å². The number of carboxylic acids is 1. The summed E-state index contributed by atoms with van der Waals surface area (Å²) in [4.78, 5) is 54.1. The van der Waals surface area contributed by atoms with Crippen molar-refractivity contribution in [2.75, 3.05) is 114 Å². The number of amides is 2. The van der Waals surface area contributed by atoms with E-state index in [1.165, 1.54) is 93.8 Å². The normalized spacial score (nSPS) is 10.7. The number of phenols is 1. The van der Waals surface area contributed by atoms with Crippen LogP contribution in [0.25, 0.3) is 0 Å². The summed E-state index contributed by atoms with van der Waals surface area (Å²) in [7, 11) is -23.5. The molecule has 0 aliphatic rings. The quantitative estimate of drug-likeness (QED) is 0.00198. The number of carbonyl (C=O) groups excluding carboxylic acids is 2. The fraction of sp³-hybridized carbons (Fsp3) is 0.420. The topological polar surface area (TPSA) is 731 Å². The zero-order chi connectivity index (χ0) is 100. The Kier molecular flexibility index (Phi) is 71.7. The van der Waals surface area contributed by atoms with E-state index < -0.39 is 112 Å². The summed E-state index contributed by atoms with van der Waals surface area (Å²) in [6.07, 6.45) is -0.275. The van der Waals surface area contributed by atoms with Gasteiger partial charge in [-0.25, -0.2) is 4.79 Å². The number of hydrogen-bond donors (Lipinski definition) is 6. The number of carbonyl (C=O) groups is 3. The molecule has 2 amide bonds. The molecule has 7 rings (SSSR count). The second kappa shape index (κ2) is 70.9. The molecule has 0 atom stereocenters. The number of nitrogens with zero attached hydrogens (tertiary/aromatic N) is 10. The van der Waals surface area contributed by atoms with E-state index in [1.54, 1.807) is 93.5 Å². The number of aryl methyl sites for hydroxylation is 2. The van der Waals surface area contributed by atoms with E-state index in [0.29, 0.717) is 34.0 Å². The summed E-state index contributed by atoms with van der Waals surface area (Å²) in [6, 6.07) is 31.1. The molecule has 7 aromatic rings. The number of hydrogen-bond acceptors (Lipinski definition) is 43. The van der Waals surface area contributed by atoms with Crippen LogP contribution in [0.3, 0.4) is 0 Å². The summed E-state index contributed by atoms with van der Waals surface area (Å²) in [5.74, 6) is -1.88. The van der Waals surface area contributed by atoms with Gasteiger partial charge in [-0.05, 0) is 139 Å². The van der Waals surface area contributed by atoms with Gasteiger partial charge in [0.1, 0.15) is 93.6 Å². The molecule has 48 nitrogen and oxygen atoms in total. The Morgan fingerprint density at radius 2 is 0.763 bits per heavy atom. The second-order valence-corrected chi connectivity index (χ2v) is 35.6. The molecule has 0 fully saturated rings. The van der Waals surface area contributed by atoms with Crippen molar-refractivity contribution < 1.29 is 196 Å². The number of carboxylic acid groups (broad SMARTS) is 1. The van der Waals surface area contributed by atoms with Crippen LogP contribution < -0.4 is 64.9 Å². The van der Waals surface area contributed by atoms with Crippen LogP contribution in [0, 0.1) is 102 Å². The van der Waals surface area contributed by atoms with Crippen LogP contribution in [0.1, 0.15) is 173 Å². The minimum absolute atomic E-state index is 0. The molecular formula is C81H114F3N13NaO35P5S. The summed E-state index contributed by atoms with van der Waals surface area (Å²) in [5, 5.41) is 113. The number of aromatic hydroxyl groups is 1. The standard InChI is InChI=1S/2C17H20N3O6P.C12H15N2O6P.C12H17N2O4P.C7H4N2O3.C6H12F3O6PS.C5H5NO3.5CH4.Na.H2O/c1-4-24-27(22,25-5-2)11-23-16-8-14(7-6-13(16)9-18)20-17(21)15-10-19-26-12(15)3;1-4-25-27(23,26-5-2)11-24-16-8-14(7-6-13(16)9-18)20-17(22)15(10-19)12(3)21;1-3-19-21(17,20-4-2)9-18-12-7-11(14(15)16)6-5-10(12)8-13;1-3-17-19(15,18-4-2)9-16-12-7-11(14)6-5-10(12)8-13;8-4-5-1-2-6(9(11)12)3-7(5)10;1-3-13-16(10,14-4-2)5-15-17(11,12)6(7,8)9;1-3-4(5(7)8)2-6-9-3;;;;;;;/h6-8,10H,4-5,11H2,1-3H3,(H,20,21);6-8,21H,4-5,11H2,1-3H3,(H,20,22);5-7H,3-4,9H2,1-2H3;5-7H,3-4,9,14H2,1-2H3;1-3,10H;3-5H2,1-2H3;2H,1H3,(H,7,8);5*1H4;;1H2/q;;;;;;;;;;;;+1;/p-1/b;15-12+;;;;;;;;;;;;. The number of aromatic carboxylic acids is 1.